The van der Waals surface area contributed by atoms with Crippen molar-refractivity contribution in [1.82, 2.24) is 19.5 Å². The Hall–Kier alpha value is -5.46. The molecule has 5 nitrogen and oxygen atoms in total. The Bertz CT molecular complexity index is 2870. The molecule has 0 saturated heterocycles. The van der Waals surface area contributed by atoms with E-state index in [4.69, 9.17) is 14.4 Å². The third-order valence-corrected chi connectivity index (χ3v) is 12.6. The second-order valence-electron chi connectivity index (χ2n) is 17.6. The Morgan fingerprint density at radius 3 is 2.22 bits per heavy atom. The number of nitrogens with zero attached hydrogens (tertiary/aromatic N) is 4. The van der Waals surface area contributed by atoms with Crippen molar-refractivity contribution in [2.45, 2.75) is 66.1 Å². The van der Waals surface area contributed by atoms with Gasteiger partial charge in [-0.2, -0.15) is 0 Å². The molecule has 7 heteroatoms. The molecule has 0 bridgehead atoms. The molecule has 1 radical (unpaired) electrons. The standard InChI is InChI=1S/C34H26N3O.C18H24NSi.Ir/c1-34(2,3)24-17-18-28(26(20-24)22-11-5-4-6-12-22)37-29-15-9-8-14-27(29)36-33(37)23-19-31-32(35-21-23)25-13-7-10-16-30(25)38-31;1-14(2)11-16-12-17(15-9-7-6-8-10-15)19-13-18(16)20(3,4)5;/h4-20H,1-3H3;6-9,12-14H,11H2,1-5H3;/q2*-1;. The Morgan fingerprint density at radius 1 is 0.763 bits per heavy atom. The van der Waals surface area contributed by atoms with Crippen LogP contribution in [0.1, 0.15) is 45.7 Å². The van der Waals surface area contributed by atoms with Gasteiger partial charge in [0.25, 0.3) is 0 Å². The summed E-state index contributed by atoms with van der Waals surface area (Å²) >= 11 is 0. The topological polar surface area (TPSA) is 56.7 Å². The second-order valence-corrected chi connectivity index (χ2v) is 22.6. The van der Waals surface area contributed by atoms with Gasteiger partial charge in [-0.05, 0) is 76.3 Å². The van der Waals surface area contributed by atoms with Gasteiger partial charge in [0.2, 0.25) is 0 Å². The number of imidazole rings is 1. The van der Waals surface area contributed by atoms with Crippen molar-refractivity contribution in [1.29, 1.82) is 0 Å². The van der Waals surface area contributed by atoms with Gasteiger partial charge in [-0.1, -0.05) is 144 Å². The van der Waals surface area contributed by atoms with E-state index >= 15 is 0 Å². The Kier molecular flexibility index (Phi) is 12.0. The van der Waals surface area contributed by atoms with Crippen LogP contribution in [0.3, 0.4) is 0 Å². The SMILES string of the molecule is CC(C)(C)c1ccc(-n2c(-c3[c-]nc4c(c3)oc3ccccc34)nc3ccccc32)c(-c2ccccc2)c1.CC(C)Cc1cc(-c2[c-]cccc2)ncc1[Si](C)(C)C.[Ir]. The van der Waals surface area contributed by atoms with Crippen LogP contribution in [0, 0.1) is 18.2 Å². The molecular weight excluding hydrogens is 917 g/mol. The minimum atomic E-state index is -1.34. The van der Waals surface area contributed by atoms with E-state index in [-0.39, 0.29) is 25.5 Å². The van der Waals surface area contributed by atoms with Crippen molar-refractivity contribution in [3.63, 3.8) is 0 Å². The fraction of sp³-hybridized carbons (Fsp3) is 0.212. The van der Waals surface area contributed by atoms with Crippen LogP contribution in [0.5, 0.6) is 0 Å². The first kappa shape index (κ1) is 41.7. The zero-order valence-electron chi connectivity index (χ0n) is 35.1. The summed E-state index contributed by atoms with van der Waals surface area (Å²) in [4.78, 5) is 14.5. The molecule has 9 rings (SSSR count). The first-order valence-corrected chi connectivity index (χ1v) is 23.7. The Balaban J connectivity index is 0.000000214. The zero-order chi connectivity index (χ0) is 40.6. The van der Waals surface area contributed by atoms with Gasteiger partial charge >= 0.3 is 0 Å². The molecule has 4 heterocycles. The third-order valence-electron chi connectivity index (χ3n) is 10.6. The average molecular weight is 967 g/mol. The van der Waals surface area contributed by atoms with Crippen LogP contribution in [0.2, 0.25) is 19.6 Å². The summed E-state index contributed by atoms with van der Waals surface area (Å²) in [5.41, 5.74) is 13.4. The molecule has 4 aromatic heterocycles. The maximum Gasteiger partial charge on any atom is 0.125 e. The van der Waals surface area contributed by atoms with Crippen molar-refractivity contribution in [3.05, 3.63) is 163 Å². The number of aromatic nitrogens is 4. The van der Waals surface area contributed by atoms with Crippen molar-refractivity contribution in [2.24, 2.45) is 5.92 Å². The normalized spacial score (nSPS) is 11.8. The molecule has 0 atom stereocenters. The molecule has 0 fully saturated rings. The fourth-order valence-corrected chi connectivity index (χ4v) is 9.23. The number of pyridine rings is 2. The summed E-state index contributed by atoms with van der Waals surface area (Å²) < 4.78 is 8.39. The molecule has 9 aromatic rings. The molecular formula is C52H50IrN4OSi-2. The number of para-hydroxylation sites is 3. The van der Waals surface area contributed by atoms with Gasteiger partial charge in [-0.3, -0.25) is 4.98 Å². The Labute approximate surface area is 363 Å². The summed E-state index contributed by atoms with van der Waals surface area (Å²) in [5, 5.41) is 2.48. The van der Waals surface area contributed by atoms with E-state index in [9.17, 15) is 0 Å². The van der Waals surface area contributed by atoms with Crippen molar-refractivity contribution >= 4 is 46.4 Å². The van der Waals surface area contributed by atoms with Gasteiger partial charge < -0.3 is 19.0 Å². The van der Waals surface area contributed by atoms with Gasteiger partial charge in [-0.25, -0.2) is 0 Å². The molecule has 59 heavy (non-hydrogen) atoms. The maximum atomic E-state index is 6.16. The number of hydrogen-bond donors (Lipinski definition) is 0. The van der Waals surface area contributed by atoms with Crippen LogP contribution in [-0.2, 0) is 31.9 Å². The number of furan rings is 1. The fourth-order valence-electron chi connectivity index (χ4n) is 7.64. The smallest absolute Gasteiger partial charge is 0.125 e. The molecule has 0 aliphatic carbocycles. The first-order valence-electron chi connectivity index (χ1n) is 20.2. The van der Waals surface area contributed by atoms with E-state index in [0.717, 1.165) is 79.0 Å². The molecule has 0 aliphatic rings. The average Bonchev–Trinajstić information content (AvgIpc) is 3.79. The summed E-state index contributed by atoms with van der Waals surface area (Å²) in [6, 6.07) is 49.1. The van der Waals surface area contributed by atoms with E-state index in [1.54, 1.807) is 0 Å². The molecule has 0 N–H and O–H groups in total. The summed E-state index contributed by atoms with van der Waals surface area (Å²) in [6.45, 7) is 18.5. The van der Waals surface area contributed by atoms with Crippen molar-refractivity contribution < 1.29 is 24.5 Å². The van der Waals surface area contributed by atoms with Gasteiger partial charge in [0.15, 0.2) is 0 Å². The minimum Gasteiger partial charge on any atom is -0.475 e. The predicted octanol–water partition coefficient (Wildman–Crippen LogP) is 13.0. The zero-order valence-corrected chi connectivity index (χ0v) is 38.5. The molecule has 299 valence electrons. The second kappa shape index (κ2) is 17.0. The third kappa shape index (κ3) is 8.79. The monoisotopic (exact) mass is 967 g/mol. The van der Waals surface area contributed by atoms with E-state index in [0.29, 0.717) is 5.92 Å². The quantitative estimate of drug-likeness (QED) is 0.118. The van der Waals surface area contributed by atoms with Crippen LogP contribution in [-0.4, -0.2) is 27.6 Å². The van der Waals surface area contributed by atoms with E-state index < -0.39 is 8.07 Å². The first-order chi connectivity index (χ1) is 27.8. The molecule has 0 spiro atoms. The van der Waals surface area contributed by atoms with E-state index in [1.807, 2.05) is 60.7 Å². The molecule has 0 unspecified atom stereocenters. The van der Waals surface area contributed by atoms with Gasteiger partial charge in [0.05, 0.1) is 30.5 Å². The van der Waals surface area contributed by atoms with Gasteiger partial charge in [0.1, 0.15) is 5.58 Å². The predicted molar refractivity (Wildman–Crippen MR) is 245 cm³/mol. The molecule has 0 amide bonds. The van der Waals surface area contributed by atoms with Gasteiger partial charge in [0, 0.05) is 48.5 Å². The van der Waals surface area contributed by atoms with Crippen LogP contribution in [0.25, 0.3) is 72.6 Å². The van der Waals surface area contributed by atoms with Crippen LogP contribution >= 0.6 is 0 Å². The molecule has 0 aliphatic heterocycles. The molecule has 0 saturated carbocycles. The van der Waals surface area contributed by atoms with Crippen molar-refractivity contribution in [3.8, 4) is 39.5 Å². The maximum absolute atomic E-state index is 6.16. The van der Waals surface area contributed by atoms with Crippen molar-refractivity contribution in [2.75, 3.05) is 0 Å². The van der Waals surface area contributed by atoms with E-state index in [1.165, 1.54) is 16.3 Å². The summed E-state index contributed by atoms with van der Waals surface area (Å²) in [5.74, 6) is 1.45. The van der Waals surface area contributed by atoms with Crippen LogP contribution in [0.4, 0.5) is 0 Å². The van der Waals surface area contributed by atoms with Gasteiger partial charge in [-0.15, -0.1) is 35.9 Å². The Morgan fingerprint density at radius 2 is 1.49 bits per heavy atom. The largest absolute Gasteiger partial charge is 0.475 e. The number of fused-ring (bicyclic) bond motifs is 4. The summed E-state index contributed by atoms with van der Waals surface area (Å²) in [7, 11) is -1.34. The van der Waals surface area contributed by atoms with Crippen LogP contribution < -0.4 is 5.19 Å². The minimum absolute atomic E-state index is 0. The number of hydrogen-bond acceptors (Lipinski definition) is 4. The van der Waals surface area contributed by atoms with Crippen LogP contribution in [0.15, 0.2) is 144 Å². The number of benzene rings is 5. The number of rotatable bonds is 7. The van der Waals surface area contributed by atoms with E-state index in [2.05, 4.69) is 155 Å². The molecule has 5 aromatic carbocycles. The summed E-state index contributed by atoms with van der Waals surface area (Å²) in [6.07, 6.45) is 6.52.